The van der Waals surface area contributed by atoms with Crippen LogP contribution in [-0.2, 0) is 19.9 Å². The molecule has 4 N–H and O–H groups in total. The van der Waals surface area contributed by atoms with Gasteiger partial charge in [-0.3, -0.25) is 9.59 Å². The minimum absolute atomic E-state index is 0.114. The molecule has 1 aromatic rings. The standard InChI is InChI=1S/C20H31NO.C4H7NO4/c1-18(2)17-11-12-19(18,3)20(15-17,22-14-13-21(4)5)16-9-7-6-8-10-16;5-2(4(8)9)1-3(6)7/h6-10,17H,11-15H2,1-5H3;2H,1,5H2,(H,6,7)(H,8,9)/t17-,19-,20+;/m1./s1. The van der Waals surface area contributed by atoms with Crippen molar-refractivity contribution in [3.8, 4) is 0 Å². The number of ether oxygens (including phenoxy) is 1. The fraction of sp³-hybridized carbons (Fsp3) is 0.667. The Kier molecular flexibility index (Phi) is 7.89. The molecule has 7 heteroatoms. The van der Waals surface area contributed by atoms with E-state index in [0.29, 0.717) is 5.41 Å². The molecular formula is C24H38N2O5. The van der Waals surface area contributed by atoms with Crippen LogP contribution in [0.5, 0.6) is 0 Å². The Balaban J connectivity index is 0.000000323. The second-order valence-corrected chi connectivity index (χ2v) is 9.88. The van der Waals surface area contributed by atoms with Crippen LogP contribution in [0.2, 0.25) is 0 Å². The van der Waals surface area contributed by atoms with Crippen molar-refractivity contribution in [2.24, 2.45) is 22.5 Å². The highest BCUT2D eigenvalue weighted by molar-refractivity contribution is 5.80. The molecule has 2 bridgehead atoms. The minimum atomic E-state index is -1.29. The highest BCUT2D eigenvalue weighted by Gasteiger charge is 2.69. The zero-order chi connectivity index (χ0) is 23.4. The molecule has 3 rings (SSSR count). The van der Waals surface area contributed by atoms with E-state index < -0.39 is 24.4 Å². The van der Waals surface area contributed by atoms with Gasteiger partial charge in [0, 0.05) is 12.0 Å². The fourth-order valence-electron chi connectivity index (χ4n) is 5.37. The third-order valence-corrected chi connectivity index (χ3v) is 7.70. The lowest BCUT2D eigenvalue weighted by molar-refractivity contribution is -0.148. The van der Waals surface area contributed by atoms with Gasteiger partial charge >= 0.3 is 11.9 Å². The van der Waals surface area contributed by atoms with Crippen molar-refractivity contribution in [1.82, 2.24) is 4.90 Å². The molecular weight excluding hydrogens is 396 g/mol. The molecule has 0 spiro atoms. The van der Waals surface area contributed by atoms with E-state index >= 15 is 0 Å². The summed E-state index contributed by atoms with van der Waals surface area (Å²) in [4.78, 5) is 21.8. The largest absolute Gasteiger partial charge is 0.481 e. The summed E-state index contributed by atoms with van der Waals surface area (Å²) in [5, 5.41) is 16.0. The molecule has 2 fully saturated rings. The lowest BCUT2D eigenvalue weighted by Crippen LogP contribution is -2.47. The maximum Gasteiger partial charge on any atom is 0.321 e. The van der Waals surface area contributed by atoms with E-state index in [0.717, 1.165) is 19.1 Å². The summed E-state index contributed by atoms with van der Waals surface area (Å²) in [5.74, 6) is -1.72. The highest BCUT2D eigenvalue weighted by atomic mass is 16.5. The van der Waals surface area contributed by atoms with Crippen LogP contribution >= 0.6 is 0 Å². The number of nitrogens with two attached hydrogens (primary N) is 1. The molecule has 1 aromatic carbocycles. The fourth-order valence-corrected chi connectivity index (χ4v) is 5.37. The first-order valence-corrected chi connectivity index (χ1v) is 10.9. The molecule has 0 amide bonds. The molecule has 0 radical (unpaired) electrons. The van der Waals surface area contributed by atoms with E-state index in [4.69, 9.17) is 20.7 Å². The lowest BCUT2D eigenvalue weighted by atomic mass is 9.62. The van der Waals surface area contributed by atoms with E-state index in [2.05, 4.69) is 70.1 Å². The maximum atomic E-state index is 9.85. The summed E-state index contributed by atoms with van der Waals surface area (Å²) < 4.78 is 6.72. The third-order valence-electron chi connectivity index (χ3n) is 7.70. The van der Waals surface area contributed by atoms with E-state index in [9.17, 15) is 9.59 Å². The van der Waals surface area contributed by atoms with Crippen LogP contribution in [0.25, 0.3) is 0 Å². The van der Waals surface area contributed by atoms with E-state index in [-0.39, 0.29) is 11.0 Å². The summed E-state index contributed by atoms with van der Waals surface area (Å²) in [6.07, 6.45) is 3.28. The normalized spacial score (nSPS) is 29.3. The van der Waals surface area contributed by atoms with Gasteiger partial charge in [0.05, 0.1) is 18.6 Å². The molecule has 0 heterocycles. The second kappa shape index (κ2) is 9.67. The van der Waals surface area contributed by atoms with Crippen molar-refractivity contribution in [3.05, 3.63) is 35.9 Å². The van der Waals surface area contributed by atoms with Gasteiger partial charge in [0.15, 0.2) is 0 Å². The number of hydrogen-bond donors (Lipinski definition) is 3. The van der Waals surface area contributed by atoms with E-state index in [1.807, 2.05) is 0 Å². The van der Waals surface area contributed by atoms with Crippen LogP contribution in [0.3, 0.4) is 0 Å². The number of carbonyl (C=O) groups is 2. The Labute approximate surface area is 185 Å². The van der Waals surface area contributed by atoms with Crippen molar-refractivity contribution >= 4 is 11.9 Å². The van der Waals surface area contributed by atoms with Crippen LogP contribution in [0, 0.1) is 16.7 Å². The van der Waals surface area contributed by atoms with Gasteiger partial charge in [-0.2, -0.15) is 0 Å². The van der Waals surface area contributed by atoms with E-state index in [1.165, 1.54) is 24.8 Å². The molecule has 0 saturated heterocycles. The molecule has 31 heavy (non-hydrogen) atoms. The number of fused-ring (bicyclic) bond motifs is 2. The van der Waals surface area contributed by atoms with Gasteiger partial charge in [0.1, 0.15) is 6.04 Å². The van der Waals surface area contributed by atoms with Crippen LogP contribution in [0.1, 0.15) is 52.0 Å². The first-order chi connectivity index (χ1) is 14.4. The molecule has 1 unspecified atom stereocenters. The number of carboxylic acids is 2. The number of benzene rings is 1. The molecule has 2 aliphatic carbocycles. The van der Waals surface area contributed by atoms with Crippen molar-refractivity contribution in [3.63, 3.8) is 0 Å². The predicted molar refractivity (Wildman–Crippen MR) is 120 cm³/mol. The molecule has 0 aromatic heterocycles. The summed E-state index contributed by atoms with van der Waals surface area (Å²) >= 11 is 0. The molecule has 0 aliphatic heterocycles. The van der Waals surface area contributed by atoms with E-state index in [1.54, 1.807) is 0 Å². The van der Waals surface area contributed by atoms with Crippen molar-refractivity contribution in [2.45, 2.75) is 58.1 Å². The van der Waals surface area contributed by atoms with Gasteiger partial charge in [-0.15, -0.1) is 0 Å². The average Bonchev–Trinajstić information content (AvgIpc) is 3.01. The van der Waals surface area contributed by atoms with Crippen LogP contribution in [0.4, 0.5) is 0 Å². The van der Waals surface area contributed by atoms with Crippen LogP contribution < -0.4 is 5.73 Å². The molecule has 174 valence electrons. The predicted octanol–water partition coefficient (Wildman–Crippen LogP) is 3.18. The summed E-state index contributed by atoms with van der Waals surface area (Å²) in [5.41, 5.74) is 6.67. The molecule has 7 nitrogen and oxygen atoms in total. The zero-order valence-corrected chi connectivity index (χ0v) is 19.4. The smallest absolute Gasteiger partial charge is 0.321 e. The molecule has 2 saturated carbocycles. The Morgan fingerprint density at radius 2 is 1.81 bits per heavy atom. The average molecular weight is 435 g/mol. The van der Waals surface area contributed by atoms with Crippen LogP contribution in [0.15, 0.2) is 30.3 Å². The highest BCUT2D eigenvalue weighted by Crippen LogP contribution is 2.73. The van der Waals surface area contributed by atoms with Crippen molar-refractivity contribution in [1.29, 1.82) is 0 Å². The second-order valence-electron chi connectivity index (χ2n) is 9.88. The zero-order valence-electron chi connectivity index (χ0n) is 19.4. The lowest BCUT2D eigenvalue weighted by Gasteiger charge is -2.49. The third kappa shape index (κ3) is 4.94. The number of nitrogens with zero attached hydrogens (tertiary/aromatic N) is 1. The van der Waals surface area contributed by atoms with Crippen molar-refractivity contribution in [2.75, 3.05) is 27.2 Å². The SMILES string of the molecule is CN(C)CCO[C@]1(c2ccccc2)C[C@H]2CC[C@]1(C)C2(C)C.NC(CC(=O)O)C(=O)O. The number of likely N-dealkylation sites (N-methyl/N-ethyl adjacent to an activating group) is 1. The topological polar surface area (TPSA) is 113 Å². The molecule has 4 atom stereocenters. The summed E-state index contributed by atoms with van der Waals surface area (Å²) in [6.45, 7) is 9.19. The number of aliphatic carboxylic acids is 2. The first kappa shape index (κ1) is 25.3. The Morgan fingerprint density at radius 1 is 1.19 bits per heavy atom. The summed E-state index contributed by atoms with van der Waals surface area (Å²) in [7, 11) is 4.23. The number of hydrogen-bond acceptors (Lipinski definition) is 5. The van der Waals surface area contributed by atoms with Gasteiger partial charge < -0.3 is 25.6 Å². The van der Waals surface area contributed by atoms with Crippen LogP contribution in [-0.4, -0.2) is 60.3 Å². The summed E-state index contributed by atoms with van der Waals surface area (Å²) in [6, 6.07) is 9.69. The monoisotopic (exact) mass is 434 g/mol. The van der Waals surface area contributed by atoms with Gasteiger partial charge in [0.25, 0.3) is 0 Å². The Morgan fingerprint density at radius 3 is 2.19 bits per heavy atom. The van der Waals surface area contributed by atoms with Gasteiger partial charge in [-0.1, -0.05) is 51.1 Å². The van der Waals surface area contributed by atoms with Gasteiger partial charge in [0.2, 0.25) is 0 Å². The van der Waals surface area contributed by atoms with Gasteiger partial charge in [-0.25, -0.2) is 0 Å². The minimum Gasteiger partial charge on any atom is -0.481 e. The number of rotatable bonds is 8. The number of carboxylic acid groups (broad SMARTS) is 2. The van der Waals surface area contributed by atoms with Crippen molar-refractivity contribution < 1.29 is 24.5 Å². The quantitative estimate of drug-likeness (QED) is 0.576. The van der Waals surface area contributed by atoms with Gasteiger partial charge in [-0.05, 0) is 50.3 Å². The Hall–Kier alpha value is -1.96. The maximum absolute atomic E-state index is 9.85. The first-order valence-electron chi connectivity index (χ1n) is 10.9. The molecule has 2 aliphatic rings. The Bertz CT molecular complexity index is 766.